The van der Waals surface area contributed by atoms with Crippen LogP contribution in [0, 0.1) is 0 Å². The molecule has 7 heteroatoms. The first-order valence-corrected chi connectivity index (χ1v) is 8.67. The number of rotatable bonds is 8. The number of methoxy groups -OCH3 is 1. The van der Waals surface area contributed by atoms with Gasteiger partial charge in [0.1, 0.15) is 0 Å². The maximum Gasteiger partial charge on any atom is 0.293 e. The van der Waals surface area contributed by atoms with Gasteiger partial charge < -0.3 is 14.6 Å². The number of hydrogen-bond donors (Lipinski definition) is 1. The molecular weight excluding hydrogens is 342 g/mol. The Hall–Kier alpha value is -2.25. The number of hydrogen-bond acceptors (Lipinski definition) is 6. The lowest BCUT2D eigenvalue weighted by atomic mass is 10.1. The predicted molar refractivity (Wildman–Crippen MR) is 97.7 cm³/mol. The van der Waals surface area contributed by atoms with Crippen LogP contribution in [0.25, 0.3) is 6.08 Å². The third-order valence-electron chi connectivity index (χ3n) is 3.53. The monoisotopic (exact) mass is 363 g/mol. The lowest BCUT2D eigenvalue weighted by Crippen LogP contribution is -2.31. The molecule has 1 saturated heterocycles. The molecule has 1 N–H and O–H groups in total. The number of phenolic OH excluding ortho intramolecular Hbond substituents is 1. The van der Waals surface area contributed by atoms with Crippen molar-refractivity contribution >= 4 is 29.0 Å². The number of thioether (sulfide) groups is 1. The quantitative estimate of drug-likeness (QED) is 0.565. The van der Waals surface area contributed by atoms with Gasteiger partial charge in [-0.2, -0.15) is 0 Å². The number of nitrogens with zero attached hydrogens (tertiary/aromatic N) is 1. The molecule has 6 nitrogen and oxygen atoms in total. The summed E-state index contributed by atoms with van der Waals surface area (Å²) in [7, 11) is 1.52. The standard InChI is InChI=1S/C18H21NO5S/c1-4-6-13-9-12(10-14(16(13)20)24-5-2)11-15-17(21)19(7-8-23-3)18(22)25-15/h4,9-11,20H,1,5-8H2,2-3H3/b15-11+. The largest absolute Gasteiger partial charge is 0.504 e. The van der Waals surface area contributed by atoms with Gasteiger partial charge in [0.25, 0.3) is 11.1 Å². The Labute approximate surface area is 151 Å². The van der Waals surface area contributed by atoms with Crippen molar-refractivity contribution in [3.05, 3.63) is 40.8 Å². The van der Waals surface area contributed by atoms with Crippen molar-refractivity contribution in [3.63, 3.8) is 0 Å². The second-order valence-corrected chi connectivity index (χ2v) is 6.27. The second kappa shape index (κ2) is 8.73. The van der Waals surface area contributed by atoms with Crippen molar-refractivity contribution in [1.82, 2.24) is 4.90 Å². The van der Waals surface area contributed by atoms with Crippen LogP contribution in [0.5, 0.6) is 11.5 Å². The molecule has 1 aliphatic rings. The molecule has 25 heavy (non-hydrogen) atoms. The molecule has 0 saturated carbocycles. The molecule has 0 aromatic heterocycles. The lowest BCUT2D eigenvalue weighted by molar-refractivity contribution is -0.123. The predicted octanol–water partition coefficient (Wildman–Crippen LogP) is 3.20. The summed E-state index contributed by atoms with van der Waals surface area (Å²) in [5, 5.41) is 9.91. The van der Waals surface area contributed by atoms with Crippen LogP contribution in [0.15, 0.2) is 29.7 Å². The smallest absolute Gasteiger partial charge is 0.293 e. The first-order chi connectivity index (χ1) is 12.0. The van der Waals surface area contributed by atoms with Gasteiger partial charge in [0.05, 0.1) is 24.7 Å². The fourth-order valence-corrected chi connectivity index (χ4v) is 3.24. The molecule has 1 fully saturated rings. The highest BCUT2D eigenvalue weighted by Gasteiger charge is 2.34. The van der Waals surface area contributed by atoms with Gasteiger partial charge in [0, 0.05) is 12.7 Å². The van der Waals surface area contributed by atoms with Crippen molar-refractivity contribution in [2.24, 2.45) is 0 Å². The number of amides is 2. The summed E-state index contributed by atoms with van der Waals surface area (Å²) >= 11 is 0.889. The first kappa shape index (κ1) is 19.1. The minimum Gasteiger partial charge on any atom is -0.504 e. The summed E-state index contributed by atoms with van der Waals surface area (Å²) in [5.74, 6) is 0.0576. The number of aromatic hydroxyl groups is 1. The third kappa shape index (κ3) is 4.43. The zero-order valence-corrected chi connectivity index (χ0v) is 15.1. The van der Waals surface area contributed by atoms with Crippen molar-refractivity contribution in [2.45, 2.75) is 13.3 Å². The van der Waals surface area contributed by atoms with E-state index in [1.165, 1.54) is 7.11 Å². The minimum atomic E-state index is -0.344. The fourth-order valence-electron chi connectivity index (χ4n) is 2.38. The number of ether oxygens (including phenoxy) is 2. The van der Waals surface area contributed by atoms with Gasteiger partial charge in [-0.25, -0.2) is 0 Å². The number of phenols is 1. The molecule has 0 unspecified atom stereocenters. The summed E-state index contributed by atoms with van der Waals surface area (Å²) in [6.07, 6.45) is 3.77. The van der Waals surface area contributed by atoms with E-state index in [-0.39, 0.29) is 23.4 Å². The summed E-state index contributed by atoms with van der Waals surface area (Å²) in [4.78, 5) is 25.8. The van der Waals surface area contributed by atoms with Crippen LogP contribution >= 0.6 is 11.8 Å². The molecule has 1 heterocycles. The Morgan fingerprint density at radius 2 is 2.12 bits per heavy atom. The van der Waals surface area contributed by atoms with Crippen LogP contribution in [-0.2, 0) is 16.0 Å². The van der Waals surface area contributed by atoms with Gasteiger partial charge in [0.2, 0.25) is 0 Å². The molecule has 0 bridgehead atoms. The number of carbonyl (C=O) groups is 2. The lowest BCUT2D eigenvalue weighted by Gasteiger charge is -2.12. The molecule has 0 atom stereocenters. The van der Waals surface area contributed by atoms with Crippen LogP contribution in [0.3, 0.4) is 0 Å². The van der Waals surface area contributed by atoms with E-state index < -0.39 is 0 Å². The van der Waals surface area contributed by atoms with Gasteiger partial charge >= 0.3 is 0 Å². The van der Waals surface area contributed by atoms with Gasteiger partial charge in [-0.1, -0.05) is 6.08 Å². The number of carbonyl (C=O) groups excluding carboxylic acids is 2. The summed E-state index contributed by atoms with van der Waals surface area (Å²) in [5.41, 5.74) is 1.32. The van der Waals surface area contributed by atoms with Crippen molar-refractivity contribution < 1.29 is 24.2 Å². The maximum atomic E-state index is 12.4. The highest BCUT2D eigenvalue weighted by atomic mass is 32.2. The van der Waals surface area contributed by atoms with E-state index in [4.69, 9.17) is 9.47 Å². The Morgan fingerprint density at radius 3 is 2.76 bits per heavy atom. The van der Waals surface area contributed by atoms with Gasteiger partial charge in [0.15, 0.2) is 11.5 Å². The number of allylic oxidation sites excluding steroid dienone is 1. The Morgan fingerprint density at radius 1 is 1.36 bits per heavy atom. The zero-order valence-electron chi connectivity index (χ0n) is 14.3. The van der Waals surface area contributed by atoms with E-state index in [1.807, 2.05) is 6.92 Å². The van der Waals surface area contributed by atoms with Gasteiger partial charge in [-0.3, -0.25) is 14.5 Å². The zero-order chi connectivity index (χ0) is 18.4. The Kier molecular flexibility index (Phi) is 6.66. The minimum absolute atomic E-state index is 0.0621. The molecule has 0 radical (unpaired) electrons. The van der Waals surface area contributed by atoms with Crippen LogP contribution in [0.2, 0.25) is 0 Å². The molecule has 134 valence electrons. The summed E-state index contributed by atoms with van der Waals surface area (Å²) in [6.45, 7) is 6.41. The average molecular weight is 363 g/mol. The molecular formula is C18H21NO5S. The molecule has 1 aliphatic heterocycles. The molecule has 2 rings (SSSR count). The molecule has 0 aliphatic carbocycles. The van der Waals surface area contributed by atoms with E-state index in [9.17, 15) is 14.7 Å². The second-order valence-electron chi connectivity index (χ2n) is 5.28. The Bertz CT molecular complexity index is 714. The van der Waals surface area contributed by atoms with E-state index in [0.717, 1.165) is 16.7 Å². The highest BCUT2D eigenvalue weighted by molar-refractivity contribution is 8.18. The van der Waals surface area contributed by atoms with E-state index in [2.05, 4.69) is 6.58 Å². The molecule has 2 amide bonds. The van der Waals surface area contributed by atoms with E-state index in [0.29, 0.717) is 41.4 Å². The van der Waals surface area contributed by atoms with Crippen molar-refractivity contribution in [2.75, 3.05) is 26.9 Å². The van der Waals surface area contributed by atoms with Crippen molar-refractivity contribution in [1.29, 1.82) is 0 Å². The Balaban J connectivity index is 2.35. The SMILES string of the molecule is C=CCc1cc(/C=C2/SC(=O)N(CCOC)C2=O)cc(OCC)c1O. The van der Waals surface area contributed by atoms with Crippen LogP contribution in [0.1, 0.15) is 18.1 Å². The normalized spacial score (nSPS) is 15.9. The molecule has 0 spiro atoms. The fraction of sp³-hybridized carbons (Fsp3) is 0.333. The highest BCUT2D eigenvalue weighted by Crippen LogP contribution is 2.36. The van der Waals surface area contributed by atoms with E-state index in [1.54, 1.807) is 24.3 Å². The first-order valence-electron chi connectivity index (χ1n) is 7.85. The average Bonchev–Trinajstić information content (AvgIpc) is 2.84. The maximum absolute atomic E-state index is 12.4. The topological polar surface area (TPSA) is 76.1 Å². The molecule has 1 aromatic rings. The van der Waals surface area contributed by atoms with Crippen molar-refractivity contribution in [3.8, 4) is 11.5 Å². The number of benzene rings is 1. The molecule has 1 aromatic carbocycles. The van der Waals surface area contributed by atoms with E-state index >= 15 is 0 Å². The van der Waals surface area contributed by atoms with Crippen LogP contribution in [-0.4, -0.2) is 48.0 Å². The van der Waals surface area contributed by atoms with Gasteiger partial charge in [-0.15, -0.1) is 6.58 Å². The van der Waals surface area contributed by atoms with Gasteiger partial charge in [-0.05, 0) is 48.9 Å². The summed E-state index contributed by atoms with van der Waals surface area (Å²) in [6, 6.07) is 3.40. The van der Waals surface area contributed by atoms with Crippen LogP contribution in [0.4, 0.5) is 4.79 Å². The third-order valence-corrected chi connectivity index (χ3v) is 4.44. The summed E-state index contributed by atoms with van der Waals surface area (Å²) < 4.78 is 10.4. The number of imide groups is 1. The van der Waals surface area contributed by atoms with Crippen LogP contribution < -0.4 is 4.74 Å².